The minimum atomic E-state index is -1.26. The van der Waals surface area contributed by atoms with E-state index in [0.717, 1.165) is 0 Å². The molecule has 0 atom stereocenters. The maximum atomic E-state index is 11.3. The number of aromatic hydroxyl groups is 2. The number of phenols is 2. The van der Waals surface area contributed by atoms with E-state index in [4.69, 9.17) is 5.11 Å². The third kappa shape index (κ3) is 2.85. The Morgan fingerprint density at radius 2 is 1.81 bits per heavy atom. The number of benzene rings is 1. The largest absolute Gasteiger partial charge is 0.507 e. The number of rotatable bonds is 4. The van der Waals surface area contributed by atoms with Crippen molar-refractivity contribution in [1.29, 1.82) is 0 Å². The number of carbonyl (C=O) groups excluding carboxylic acids is 1. The van der Waals surface area contributed by atoms with Crippen LogP contribution in [0, 0.1) is 0 Å². The molecule has 1 aromatic rings. The van der Waals surface area contributed by atoms with Crippen molar-refractivity contribution in [2.24, 2.45) is 0 Å². The Balaban J connectivity index is 2.70. The molecular formula is C9H9NO6. The Hall–Kier alpha value is -2.28. The van der Waals surface area contributed by atoms with Gasteiger partial charge in [-0.2, -0.15) is 0 Å². The molecule has 0 aliphatic carbocycles. The third-order valence-corrected chi connectivity index (χ3v) is 1.61. The summed E-state index contributed by atoms with van der Waals surface area (Å²) in [6, 6.07) is 3.75. The van der Waals surface area contributed by atoms with Crippen molar-refractivity contribution >= 4 is 11.9 Å². The molecule has 0 saturated carbocycles. The van der Waals surface area contributed by atoms with Crippen molar-refractivity contribution in [2.45, 2.75) is 0 Å². The first-order valence-electron chi connectivity index (χ1n) is 4.17. The monoisotopic (exact) mass is 227 g/mol. The fraction of sp³-hybridized carbons (Fsp3) is 0.111. The van der Waals surface area contributed by atoms with Crippen LogP contribution in [0.4, 0.5) is 0 Å². The van der Waals surface area contributed by atoms with Crippen LogP contribution >= 0.6 is 0 Å². The normalized spacial score (nSPS) is 9.75. The maximum Gasteiger partial charge on any atom is 0.332 e. The number of carboxylic acid groups (broad SMARTS) is 1. The second-order valence-electron chi connectivity index (χ2n) is 2.78. The Morgan fingerprint density at radius 3 is 2.31 bits per heavy atom. The lowest BCUT2D eigenvalue weighted by atomic mass is 10.1. The molecule has 0 aliphatic rings. The molecule has 16 heavy (non-hydrogen) atoms. The van der Waals surface area contributed by atoms with E-state index in [9.17, 15) is 19.8 Å². The topological polar surface area (TPSA) is 116 Å². The molecule has 0 fully saturated rings. The highest BCUT2D eigenvalue weighted by molar-refractivity contribution is 5.98. The number of carboxylic acids is 1. The minimum absolute atomic E-state index is 0.382. The molecule has 0 heterocycles. The lowest BCUT2D eigenvalue weighted by Crippen LogP contribution is -2.26. The zero-order valence-electron chi connectivity index (χ0n) is 8.01. The van der Waals surface area contributed by atoms with Gasteiger partial charge in [0.1, 0.15) is 17.1 Å². The van der Waals surface area contributed by atoms with Crippen LogP contribution in [0.5, 0.6) is 11.5 Å². The van der Waals surface area contributed by atoms with Gasteiger partial charge in [-0.05, 0) is 12.1 Å². The summed E-state index contributed by atoms with van der Waals surface area (Å²) in [4.78, 5) is 25.7. The van der Waals surface area contributed by atoms with Crippen LogP contribution in [0.2, 0.25) is 0 Å². The van der Waals surface area contributed by atoms with Crippen LogP contribution in [0.3, 0.4) is 0 Å². The molecule has 7 nitrogen and oxygen atoms in total. The van der Waals surface area contributed by atoms with Gasteiger partial charge in [-0.25, -0.2) is 10.3 Å². The zero-order valence-corrected chi connectivity index (χ0v) is 8.01. The second-order valence-corrected chi connectivity index (χ2v) is 2.78. The molecule has 0 bridgehead atoms. The van der Waals surface area contributed by atoms with Crippen LogP contribution in [0.25, 0.3) is 0 Å². The standard InChI is InChI=1S/C9H9NO6/c11-5-2-1-3-6(12)8(5)9(15)10-16-4-7(13)14/h1-3,11-12H,4H2,(H,10,15)(H,13,14). The van der Waals surface area contributed by atoms with E-state index in [1.165, 1.54) is 18.2 Å². The fourth-order valence-electron chi connectivity index (χ4n) is 0.975. The quantitative estimate of drug-likeness (QED) is 0.531. The third-order valence-electron chi connectivity index (χ3n) is 1.61. The first kappa shape index (κ1) is 11.8. The van der Waals surface area contributed by atoms with Gasteiger partial charge >= 0.3 is 5.97 Å². The summed E-state index contributed by atoms with van der Waals surface area (Å²) in [6.07, 6.45) is 0. The number of hydrogen-bond donors (Lipinski definition) is 4. The van der Waals surface area contributed by atoms with Crippen molar-refractivity contribution in [3.05, 3.63) is 23.8 Å². The van der Waals surface area contributed by atoms with E-state index >= 15 is 0 Å². The summed E-state index contributed by atoms with van der Waals surface area (Å²) < 4.78 is 0. The molecule has 0 radical (unpaired) electrons. The molecule has 86 valence electrons. The molecule has 1 aromatic carbocycles. The summed E-state index contributed by atoms with van der Waals surface area (Å²) in [5.74, 6) is -3.06. The van der Waals surface area contributed by atoms with Crippen molar-refractivity contribution in [1.82, 2.24) is 5.48 Å². The predicted octanol–water partition coefficient (Wildman–Crippen LogP) is -0.156. The van der Waals surface area contributed by atoms with Crippen LogP contribution in [-0.2, 0) is 9.63 Å². The van der Waals surface area contributed by atoms with Gasteiger partial charge in [0.15, 0.2) is 6.61 Å². The van der Waals surface area contributed by atoms with Gasteiger partial charge < -0.3 is 15.3 Å². The van der Waals surface area contributed by atoms with Gasteiger partial charge in [0, 0.05) is 0 Å². The number of carbonyl (C=O) groups is 2. The number of hydroxylamine groups is 1. The van der Waals surface area contributed by atoms with Crippen molar-refractivity contribution in [3.63, 3.8) is 0 Å². The number of aliphatic carboxylic acids is 1. The smallest absolute Gasteiger partial charge is 0.332 e. The van der Waals surface area contributed by atoms with E-state index < -0.39 is 30.0 Å². The predicted molar refractivity (Wildman–Crippen MR) is 50.8 cm³/mol. The van der Waals surface area contributed by atoms with Crippen molar-refractivity contribution < 1.29 is 29.7 Å². The van der Waals surface area contributed by atoms with Crippen LogP contribution in [0.15, 0.2) is 18.2 Å². The van der Waals surface area contributed by atoms with Crippen LogP contribution < -0.4 is 5.48 Å². The van der Waals surface area contributed by atoms with Gasteiger partial charge in [-0.3, -0.25) is 9.63 Å². The van der Waals surface area contributed by atoms with E-state index in [0.29, 0.717) is 0 Å². The number of amides is 1. The Morgan fingerprint density at radius 1 is 1.25 bits per heavy atom. The van der Waals surface area contributed by atoms with Crippen LogP contribution in [0.1, 0.15) is 10.4 Å². The second kappa shape index (κ2) is 4.99. The molecule has 4 N–H and O–H groups in total. The van der Waals surface area contributed by atoms with Crippen molar-refractivity contribution in [3.8, 4) is 11.5 Å². The summed E-state index contributed by atoms with van der Waals surface area (Å²) >= 11 is 0. The Labute approximate surface area is 89.8 Å². The average molecular weight is 227 g/mol. The van der Waals surface area contributed by atoms with Gasteiger partial charge in [-0.1, -0.05) is 6.07 Å². The molecule has 7 heteroatoms. The van der Waals surface area contributed by atoms with E-state index in [1.807, 2.05) is 0 Å². The summed E-state index contributed by atoms with van der Waals surface area (Å²) in [6.45, 7) is -0.722. The molecule has 1 amide bonds. The van der Waals surface area contributed by atoms with E-state index in [-0.39, 0.29) is 5.56 Å². The SMILES string of the molecule is O=C(O)CONC(=O)c1c(O)cccc1O. The van der Waals surface area contributed by atoms with E-state index in [2.05, 4.69) is 4.84 Å². The van der Waals surface area contributed by atoms with Gasteiger partial charge in [-0.15, -0.1) is 0 Å². The lowest BCUT2D eigenvalue weighted by Gasteiger charge is -2.07. The van der Waals surface area contributed by atoms with Gasteiger partial charge in [0.25, 0.3) is 5.91 Å². The summed E-state index contributed by atoms with van der Waals surface area (Å²) in [5, 5.41) is 26.8. The van der Waals surface area contributed by atoms with Crippen molar-refractivity contribution in [2.75, 3.05) is 6.61 Å². The molecule has 0 unspecified atom stereocenters. The Bertz CT molecular complexity index is 396. The highest BCUT2D eigenvalue weighted by atomic mass is 16.7. The number of nitrogens with one attached hydrogen (secondary N) is 1. The fourth-order valence-corrected chi connectivity index (χ4v) is 0.975. The lowest BCUT2D eigenvalue weighted by molar-refractivity contribution is -0.144. The summed E-state index contributed by atoms with van der Waals surface area (Å²) in [5.41, 5.74) is 1.39. The average Bonchev–Trinajstić information content (AvgIpc) is 2.16. The van der Waals surface area contributed by atoms with Crippen LogP contribution in [-0.4, -0.2) is 33.8 Å². The minimum Gasteiger partial charge on any atom is -0.507 e. The molecule has 1 rings (SSSR count). The van der Waals surface area contributed by atoms with Gasteiger partial charge in [0.05, 0.1) is 0 Å². The number of hydrogen-bond acceptors (Lipinski definition) is 5. The highest BCUT2D eigenvalue weighted by Crippen LogP contribution is 2.25. The first-order chi connectivity index (χ1) is 7.52. The Kier molecular flexibility index (Phi) is 3.67. The molecule has 0 aromatic heterocycles. The molecule has 0 saturated heterocycles. The maximum absolute atomic E-state index is 11.3. The number of phenolic OH excluding ortho intramolecular Hbond substituents is 2. The first-order valence-corrected chi connectivity index (χ1v) is 4.17. The zero-order chi connectivity index (χ0) is 12.1. The molecular weight excluding hydrogens is 218 g/mol. The highest BCUT2D eigenvalue weighted by Gasteiger charge is 2.16. The molecule has 0 spiro atoms. The molecule has 0 aliphatic heterocycles. The van der Waals surface area contributed by atoms with Gasteiger partial charge in [0.2, 0.25) is 0 Å². The van der Waals surface area contributed by atoms with E-state index in [1.54, 1.807) is 5.48 Å². The summed E-state index contributed by atoms with van der Waals surface area (Å²) in [7, 11) is 0.